The van der Waals surface area contributed by atoms with Gasteiger partial charge in [0.1, 0.15) is 0 Å². The molecule has 4 rings (SSSR count). The molecule has 2 fully saturated rings. The van der Waals surface area contributed by atoms with E-state index < -0.39 is 0 Å². The lowest BCUT2D eigenvalue weighted by molar-refractivity contribution is -0.130. The Hall–Kier alpha value is -2.14. The Bertz CT molecular complexity index is 726. The lowest BCUT2D eigenvalue weighted by Crippen LogP contribution is -2.34. The molecular formula is C19H24N4O. The Labute approximate surface area is 142 Å². The van der Waals surface area contributed by atoms with E-state index in [1.807, 2.05) is 25.6 Å². The first kappa shape index (κ1) is 15.4. The Morgan fingerprint density at radius 3 is 2.67 bits per heavy atom. The molecule has 5 heteroatoms. The van der Waals surface area contributed by atoms with Gasteiger partial charge >= 0.3 is 0 Å². The standard InChI is InChI=1S/C19H24N4O/c1-14(24)23-10-16-9-22(11-17-8-20-13-21(17)2)12-18(16)19(23)15-6-4-3-5-7-15/h3-8,13,16,18-19H,9-12H2,1-2H3/t16-,18-,19-/m1/s1. The van der Waals surface area contributed by atoms with Crippen molar-refractivity contribution in [3.05, 3.63) is 54.1 Å². The van der Waals surface area contributed by atoms with E-state index in [2.05, 4.69) is 43.6 Å². The summed E-state index contributed by atoms with van der Waals surface area (Å²) in [6.45, 7) is 5.61. The number of nitrogens with zero attached hydrogens (tertiary/aromatic N) is 4. The molecule has 0 aliphatic carbocycles. The second-order valence-electron chi connectivity index (χ2n) is 7.14. The van der Waals surface area contributed by atoms with E-state index in [0.29, 0.717) is 11.8 Å². The highest BCUT2D eigenvalue weighted by molar-refractivity contribution is 5.74. The van der Waals surface area contributed by atoms with Gasteiger partial charge in [-0.05, 0) is 11.5 Å². The van der Waals surface area contributed by atoms with Crippen LogP contribution in [-0.4, -0.2) is 44.9 Å². The maximum atomic E-state index is 12.1. The van der Waals surface area contributed by atoms with Gasteiger partial charge in [-0.15, -0.1) is 0 Å². The first-order chi connectivity index (χ1) is 11.6. The number of amides is 1. The Morgan fingerprint density at radius 1 is 1.21 bits per heavy atom. The smallest absolute Gasteiger partial charge is 0.219 e. The third kappa shape index (κ3) is 2.63. The number of aryl methyl sites for hydroxylation is 1. The lowest BCUT2D eigenvalue weighted by atomic mass is 9.89. The number of aromatic nitrogens is 2. The zero-order chi connectivity index (χ0) is 16.7. The molecule has 3 atom stereocenters. The van der Waals surface area contributed by atoms with Crippen LogP contribution in [0.25, 0.3) is 0 Å². The molecule has 5 nitrogen and oxygen atoms in total. The normalized spacial score (nSPS) is 26.8. The molecule has 2 aromatic rings. The summed E-state index contributed by atoms with van der Waals surface area (Å²) >= 11 is 0. The van der Waals surface area contributed by atoms with Gasteiger partial charge in [0.2, 0.25) is 5.91 Å². The summed E-state index contributed by atoms with van der Waals surface area (Å²) < 4.78 is 2.09. The summed E-state index contributed by atoms with van der Waals surface area (Å²) in [7, 11) is 2.05. The predicted molar refractivity (Wildman–Crippen MR) is 92.0 cm³/mol. The minimum Gasteiger partial charge on any atom is -0.337 e. The van der Waals surface area contributed by atoms with Crippen LogP contribution in [0.2, 0.25) is 0 Å². The molecule has 2 saturated heterocycles. The second kappa shape index (κ2) is 6.06. The molecule has 0 bridgehead atoms. The van der Waals surface area contributed by atoms with Gasteiger partial charge < -0.3 is 9.47 Å². The van der Waals surface area contributed by atoms with Crippen molar-refractivity contribution >= 4 is 5.91 Å². The summed E-state index contributed by atoms with van der Waals surface area (Å²) in [4.78, 5) is 21.0. The summed E-state index contributed by atoms with van der Waals surface area (Å²) in [5.41, 5.74) is 2.51. The zero-order valence-electron chi connectivity index (χ0n) is 14.3. The van der Waals surface area contributed by atoms with Crippen LogP contribution in [0.15, 0.2) is 42.9 Å². The van der Waals surface area contributed by atoms with Crippen molar-refractivity contribution in [1.82, 2.24) is 19.4 Å². The van der Waals surface area contributed by atoms with Crippen molar-refractivity contribution in [2.75, 3.05) is 19.6 Å². The second-order valence-corrected chi connectivity index (χ2v) is 7.14. The fraction of sp³-hybridized carbons (Fsp3) is 0.474. The van der Waals surface area contributed by atoms with Crippen molar-refractivity contribution in [2.45, 2.75) is 19.5 Å². The number of hydrogen-bond donors (Lipinski definition) is 0. The predicted octanol–water partition coefficient (Wildman–Crippen LogP) is 2.07. The number of carbonyl (C=O) groups is 1. The third-order valence-corrected chi connectivity index (χ3v) is 5.59. The molecule has 1 aromatic carbocycles. The number of fused-ring (bicyclic) bond motifs is 1. The highest BCUT2D eigenvalue weighted by atomic mass is 16.2. The topological polar surface area (TPSA) is 41.4 Å². The average Bonchev–Trinajstić information content (AvgIpc) is 3.23. The van der Waals surface area contributed by atoms with E-state index in [-0.39, 0.29) is 11.9 Å². The Kier molecular flexibility index (Phi) is 3.88. The van der Waals surface area contributed by atoms with Crippen molar-refractivity contribution < 1.29 is 4.79 Å². The number of carbonyl (C=O) groups excluding carboxylic acids is 1. The lowest BCUT2D eigenvalue weighted by Gasteiger charge is -2.29. The number of benzene rings is 1. The fourth-order valence-corrected chi connectivity index (χ4v) is 4.43. The van der Waals surface area contributed by atoms with Gasteiger partial charge in [0.15, 0.2) is 0 Å². The van der Waals surface area contributed by atoms with Gasteiger partial charge in [0.25, 0.3) is 0 Å². The van der Waals surface area contributed by atoms with Crippen LogP contribution in [-0.2, 0) is 18.4 Å². The molecule has 3 heterocycles. The van der Waals surface area contributed by atoms with E-state index in [9.17, 15) is 4.79 Å². The van der Waals surface area contributed by atoms with E-state index in [4.69, 9.17) is 0 Å². The maximum Gasteiger partial charge on any atom is 0.219 e. The minimum atomic E-state index is 0.191. The quantitative estimate of drug-likeness (QED) is 0.868. The Balaban J connectivity index is 1.55. The largest absolute Gasteiger partial charge is 0.337 e. The third-order valence-electron chi connectivity index (χ3n) is 5.59. The fourth-order valence-electron chi connectivity index (χ4n) is 4.43. The molecule has 1 aromatic heterocycles. The molecule has 0 unspecified atom stereocenters. The molecule has 24 heavy (non-hydrogen) atoms. The van der Waals surface area contributed by atoms with Gasteiger partial charge in [0.05, 0.1) is 18.1 Å². The van der Waals surface area contributed by atoms with Crippen LogP contribution in [0.5, 0.6) is 0 Å². The SMILES string of the molecule is CC(=O)N1C[C@H]2CN(Cc3cncn3C)C[C@H]2[C@H]1c1ccccc1. The minimum absolute atomic E-state index is 0.191. The molecule has 0 spiro atoms. The Morgan fingerprint density at radius 2 is 2.00 bits per heavy atom. The molecule has 126 valence electrons. The van der Waals surface area contributed by atoms with Crippen molar-refractivity contribution in [3.63, 3.8) is 0 Å². The van der Waals surface area contributed by atoms with Gasteiger partial charge in [-0.1, -0.05) is 30.3 Å². The first-order valence-electron chi connectivity index (χ1n) is 8.63. The van der Waals surface area contributed by atoms with Gasteiger partial charge in [-0.2, -0.15) is 0 Å². The van der Waals surface area contributed by atoms with Crippen LogP contribution < -0.4 is 0 Å². The summed E-state index contributed by atoms with van der Waals surface area (Å²) in [6, 6.07) is 10.7. The highest BCUT2D eigenvalue weighted by Gasteiger charge is 2.48. The van der Waals surface area contributed by atoms with Crippen molar-refractivity contribution in [2.24, 2.45) is 18.9 Å². The monoisotopic (exact) mass is 324 g/mol. The summed E-state index contributed by atoms with van der Waals surface area (Å²) in [6.07, 6.45) is 3.81. The van der Waals surface area contributed by atoms with Crippen LogP contribution >= 0.6 is 0 Å². The maximum absolute atomic E-state index is 12.1. The van der Waals surface area contributed by atoms with Crippen LogP contribution in [0.4, 0.5) is 0 Å². The first-order valence-corrected chi connectivity index (χ1v) is 8.63. The summed E-state index contributed by atoms with van der Waals surface area (Å²) in [5.74, 6) is 1.27. The average molecular weight is 324 g/mol. The van der Waals surface area contributed by atoms with Crippen molar-refractivity contribution in [1.29, 1.82) is 0 Å². The van der Waals surface area contributed by atoms with Gasteiger partial charge in [-0.25, -0.2) is 4.98 Å². The molecule has 0 N–H and O–H groups in total. The zero-order valence-corrected chi connectivity index (χ0v) is 14.3. The van der Waals surface area contributed by atoms with Crippen LogP contribution in [0, 0.1) is 11.8 Å². The van der Waals surface area contributed by atoms with Crippen LogP contribution in [0.1, 0.15) is 24.2 Å². The van der Waals surface area contributed by atoms with E-state index >= 15 is 0 Å². The van der Waals surface area contributed by atoms with E-state index in [1.165, 1.54) is 11.3 Å². The molecule has 0 saturated carbocycles. The number of rotatable bonds is 3. The number of hydrogen-bond acceptors (Lipinski definition) is 3. The van der Waals surface area contributed by atoms with E-state index in [1.54, 1.807) is 6.92 Å². The molecule has 1 amide bonds. The summed E-state index contributed by atoms with van der Waals surface area (Å²) in [5, 5.41) is 0. The van der Waals surface area contributed by atoms with Gasteiger partial charge in [-0.3, -0.25) is 9.69 Å². The van der Waals surface area contributed by atoms with Crippen molar-refractivity contribution in [3.8, 4) is 0 Å². The molecule has 2 aliphatic heterocycles. The van der Waals surface area contributed by atoms with E-state index in [0.717, 1.165) is 26.2 Å². The molecule has 2 aliphatic rings. The highest BCUT2D eigenvalue weighted by Crippen LogP contribution is 2.45. The molecular weight excluding hydrogens is 300 g/mol. The molecule has 0 radical (unpaired) electrons. The number of likely N-dealkylation sites (tertiary alicyclic amines) is 2. The number of imidazole rings is 1. The van der Waals surface area contributed by atoms with Gasteiger partial charge in [0, 0.05) is 52.3 Å². The van der Waals surface area contributed by atoms with Crippen LogP contribution in [0.3, 0.4) is 0 Å².